The maximum absolute atomic E-state index is 12.8. The Morgan fingerprint density at radius 1 is 1.15 bits per heavy atom. The van der Waals surface area contributed by atoms with Gasteiger partial charge in [-0.3, -0.25) is 4.79 Å². The lowest BCUT2D eigenvalue weighted by molar-refractivity contribution is 0.102. The van der Waals surface area contributed by atoms with E-state index in [1.54, 1.807) is 28.9 Å². The standard InChI is InChI=1S/C19H17N5O2/c25-19(22-13-3-4-18-16(9-13)20-12-26-18)15-11-21-24-8-5-14(10-17(15)24)23-6-1-2-7-23/h3-5,8-12H,1-2,6-7H2,(H,22,25). The van der Waals surface area contributed by atoms with Crippen LogP contribution in [0, 0.1) is 0 Å². The summed E-state index contributed by atoms with van der Waals surface area (Å²) in [4.78, 5) is 19.2. The third-order valence-electron chi connectivity index (χ3n) is 4.81. The average Bonchev–Trinajstić information content (AvgIpc) is 3.40. The number of fused-ring (bicyclic) bond motifs is 2. The first-order chi connectivity index (χ1) is 12.8. The molecule has 1 fully saturated rings. The minimum Gasteiger partial charge on any atom is -0.443 e. The predicted molar refractivity (Wildman–Crippen MR) is 98.6 cm³/mol. The summed E-state index contributed by atoms with van der Waals surface area (Å²) in [6.45, 7) is 2.12. The van der Waals surface area contributed by atoms with Crippen molar-refractivity contribution < 1.29 is 9.21 Å². The number of nitrogens with zero attached hydrogens (tertiary/aromatic N) is 4. The van der Waals surface area contributed by atoms with E-state index in [1.165, 1.54) is 19.2 Å². The van der Waals surface area contributed by atoms with Crippen LogP contribution in [-0.4, -0.2) is 33.6 Å². The lowest BCUT2D eigenvalue weighted by Gasteiger charge is -2.17. The van der Waals surface area contributed by atoms with Crippen LogP contribution in [0.5, 0.6) is 0 Å². The number of hydrogen-bond acceptors (Lipinski definition) is 5. The fourth-order valence-corrected chi connectivity index (χ4v) is 3.45. The molecule has 0 atom stereocenters. The number of nitrogens with one attached hydrogen (secondary N) is 1. The van der Waals surface area contributed by atoms with Gasteiger partial charge in [0.1, 0.15) is 5.52 Å². The van der Waals surface area contributed by atoms with Crippen LogP contribution in [0.2, 0.25) is 0 Å². The second kappa shape index (κ2) is 5.87. The number of rotatable bonds is 3. The Hall–Kier alpha value is -3.35. The molecule has 3 aromatic heterocycles. The summed E-state index contributed by atoms with van der Waals surface area (Å²) < 4.78 is 6.96. The van der Waals surface area contributed by atoms with Gasteiger partial charge in [-0.2, -0.15) is 5.10 Å². The van der Waals surface area contributed by atoms with Gasteiger partial charge in [-0.05, 0) is 43.2 Å². The summed E-state index contributed by atoms with van der Waals surface area (Å²) in [6, 6.07) is 9.46. The highest BCUT2D eigenvalue weighted by molar-refractivity contribution is 6.09. The van der Waals surface area contributed by atoms with Gasteiger partial charge in [-0.1, -0.05) is 0 Å². The third kappa shape index (κ3) is 2.48. The molecular weight excluding hydrogens is 330 g/mol. The number of anilines is 2. The smallest absolute Gasteiger partial charge is 0.259 e. The van der Waals surface area contributed by atoms with Crippen LogP contribution in [0.25, 0.3) is 16.6 Å². The highest BCUT2D eigenvalue weighted by Gasteiger charge is 2.17. The number of benzene rings is 1. The molecule has 1 saturated heterocycles. The normalized spacial score (nSPS) is 14.4. The third-order valence-corrected chi connectivity index (χ3v) is 4.81. The molecule has 7 heteroatoms. The van der Waals surface area contributed by atoms with Crippen molar-refractivity contribution in [1.82, 2.24) is 14.6 Å². The van der Waals surface area contributed by atoms with Crippen LogP contribution in [0.4, 0.5) is 11.4 Å². The second-order valence-corrected chi connectivity index (χ2v) is 6.46. The first-order valence-electron chi connectivity index (χ1n) is 8.65. The van der Waals surface area contributed by atoms with Gasteiger partial charge in [0.15, 0.2) is 12.0 Å². The van der Waals surface area contributed by atoms with Crippen LogP contribution >= 0.6 is 0 Å². The molecule has 1 aromatic carbocycles. The second-order valence-electron chi connectivity index (χ2n) is 6.46. The molecule has 0 unspecified atom stereocenters. The summed E-state index contributed by atoms with van der Waals surface area (Å²) in [5.41, 5.74) is 4.55. The molecule has 130 valence electrons. The largest absolute Gasteiger partial charge is 0.443 e. The van der Waals surface area contributed by atoms with Crippen molar-refractivity contribution in [2.45, 2.75) is 12.8 Å². The Morgan fingerprint density at radius 2 is 2.04 bits per heavy atom. The molecule has 0 radical (unpaired) electrons. The van der Waals surface area contributed by atoms with E-state index >= 15 is 0 Å². The molecule has 0 bridgehead atoms. The summed E-state index contributed by atoms with van der Waals surface area (Å²) >= 11 is 0. The summed E-state index contributed by atoms with van der Waals surface area (Å²) in [6.07, 6.45) is 7.32. The monoisotopic (exact) mass is 347 g/mol. The lowest BCUT2D eigenvalue weighted by Crippen LogP contribution is -2.18. The molecule has 0 aliphatic carbocycles. The van der Waals surface area contributed by atoms with Crippen LogP contribution in [0.1, 0.15) is 23.2 Å². The molecule has 4 aromatic rings. The zero-order valence-electron chi connectivity index (χ0n) is 14.1. The molecule has 0 saturated carbocycles. The summed E-state index contributed by atoms with van der Waals surface area (Å²) in [7, 11) is 0. The minimum atomic E-state index is -0.193. The number of amides is 1. The Labute approximate surface area is 149 Å². The highest BCUT2D eigenvalue weighted by atomic mass is 16.3. The van der Waals surface area contributed by atoms with Gasteiger partial charge in [0.05, 0.1) is 17.3 Å². The van der Waals surface area contributed by atoms with Crippen molar-refractivity contribution in [2.24, 2.45) is 0 Å². The predicted octanol–water partition coefficient (Wildman–Crippen LogP) is 3.33. The zero-order chi connectivity index (χ0) is 17.5. The summed E-state index contributed by atoms with van der Waals surface area (Å²) in [5, 5.41) is 7.22. The number of pyridine rings is 1. The zero-order valence-corrected chi connectivity index (χ0v) is 14.1. The number of oxazole rings is 1. The Balaban J connectivity index is 1.46. The van der Waals surface area contributed by atoms with Crippen LogP contribution in [0.3, 0.4) is 0 Å². The SMILES string of the molecule is O=C(Nc1ccc2ocnc2c1)c1cnn2ccc(N3CCCC3)cc12. The van der Waals surface area contributed by atoms with Crippen LogP contribution < -0.4 is 10.2 Å². The number of hydrogen-bond donors (Lipinski definition) is 1. The molecule has 1 aliphatic heterocycles. The van der Waals surface area contributed by atoms with Crippen molar-refractivity contribution >= 4 is 33.9 Å². The fourth-order valence-electron chi connectivity index (χ4n) is 3.45. The average molecular weight is 347 g/mol. The van der Waals surface area contributed by atoms with Crippen molar-refractivity contribution in [3.8, 4) is 0 Å². The molecule has 5 rings (SSSR count). The maximum atomic E-state index is 12.8. The van der Waals surface area contributed by atoms with E-state index < -0.39 is 0 Å². The van der Waals surface area contributed by atoms with Crippen LogP contribution in [0.15, 0.2) is 53.5 Å². The minimum absolute atomic E-state index is 0.193. The van der Waals surface area contributed by atoms with Crippen molar-refractivity contribution in [1.29, 1.82) is 0 Å². The van der Waals surface area contributed by atoms with E-state index in [-0.39, 0.29) is 5.91 Å². The van der Waals surface area contributed by atoms with Gasteiger partial charge < -0.3 is 14.6 Å². The quantitative estimate of drug-likeness (QED) is 0.615. The molecule has 0 spiro atoms. The van der Waals surface area contributed by atoms with Gasteiger partial charge >= 0.3 is 0 Å². The van der Waals surface area contributed by atoms with E-state index in [2.05, 4.69) is 20.3 Å². The molecule has 7 nitrogen and oxygen atoms in total. The molecule has 1 aliphatic rings. The van der Waals surface area contributed by atoms with Crippen LogP contribution in [-0.2, 0) is 0 Å². The number of carbonyl (C=O) groups excluding carboxylic acids is 1. The van der Waals surface area contributed by atoms with Crippen molar-refractivity contribution in [3.63, 3.8) is 0 Å². The first-order valence-corrected chi connectivity index (χ1v) is 8.65. The van der Waals surface area contributed by atoms with Crippen molar-refractivity contribution in [3.05, 3.63) is 54.7 Å². The lowest BCUT2D eigenvalue weighted by atomic mass is 10.2. The fraction of sp³-hybridized carbons (Fsp3) is 0.211. The van der Waals surface area contributed by atoms with E-state index in [4.69, 9.17) is 4.42 Å². The van der Waals surface area contributed by atoms with Gasteiger partial charge in [0.25, 0.3) is 5.91 Å². The molecular formula is C19H17N5O2. The van der Waals surface area contributed by atoms with Gasteiger partial charge in [-0.15, -0.1) is 0 Å². The van der Waals surface area contributed by atoms with Gasteiger partial charge in [-0.25, -0.2) is 9.50 Å². The number of aromatic nitrogens is 3. The molecule has 1 amide bonds. The topological polar surface area (TPSA) is 75.7 Å². The Bertz CT molecular complexity index is 1110. The number of carbonyl (C=O) groups is 1. The molecule has 4 heterocycles. The van der Waals surface area contributed by atoms with E-state index in [0.29, 0.717) is 22.4 Å². The molecule has 26 heavy (non-hydrogen) atoms. The summed E-state index contributed by atoms with van der Waals surface area (Å²) in [5.74, 6) is -0.193. The Morgan fingerprint density at radius 3 is 2.92 bits per heavy atom. The first kappa shape index (κ1) is 14.9. The van der Waals surface area contributed by atoms with E-state index in [0.717, 1.165) is 24.3 Å². The molecule has 1 N–H and O–H groups in total. The van der Waals surface area contributed by atoms with Gasteiger partial charge in [0, 0.05) is 30.7 Å². The van der Waals surface area contributed by atoms with Gasteiger partial charge in [0.2, 0.25) is 0 Å². The van der Waals surface area contributed by atoms with Crippen molar-refractivity contribution in [2.75, 3.05) is 23.3 Å². The Kier molecular flexibility index (Phi) is 3.38. The highest BCUT2D eigenvalue weighted by Crippen LogP contribution is 2.24. The van der Waals surface area contributed by atoms with E-state index in [1.807, 2.05) is 18.3 Å². The maximum Gasteiger partial charge on any atom is 0.259 e. The van der Waals surface area contributed by atoms with E-state index in [9.17, 15) is 4.79 Å².